The second-order valence-corrected chi connectivity index (χ2v) is 7.36. The topological polar surface area (TPSA) is 26.3 Å². The zero-order chi connectivity index (χ0) is 17.4. The van der Waals surface area contributed by atoms with Crippen LogP contribution < -0.4 is 0 Å². The van der Waals surface area contributed by atoms with Crippen LogP contribution in [0.25, 0.3) is 0 Å². The monoisotopic (exact) mass is 330 g/mol. The summed E-state index contributed by atoms with van der Waals surface area (Å²) in [5.74, 6) is 1.72. The molecule has 0 bridgehead atoms. The van der Waals surface area contributed by atoms with Crippen LogP contribution in [0.4, 0.5) is 0 Å². The molecule has 2 heteroatoms. The van der Waals surface area contributed by atoms with Crippen LogP contribution in [0.15, 0.2) is 24.3 Å². The van der Waals surface area contributed by atoms with E-state index in [1.807, 2.05) is 19.1 Å². The molecule has 0 unspecified atom stereocenters. The van der Waals surface area contributed by atoms with Crippen molar-refractivity contribution in [3.8, 4) is 0 Å². The van der Waals surface area contributed by atoms with Crippen LogP contribution in [0.3, 0.4) is 0 Å². The zero-order valence-corrected chi connectivity index (χ0v) is 15.7. The van der Waals surface area contributed by atoms with E-state index in [-0.39, 0.29) is 11.9 Å². The minimum atomic E-state index is -0.341. The van der Waals surface area contributed by atoms with Crippen molar-refractivity contribution in [3.63, 3.8) is 0 Å². The van der Waals surface area contributed by atoms with Crippen LogP contribution in [-0.4, -0.2) is 18.5 Å². The molecule has 1 saturated carbocycles. The molecule has 0 saturated heterocycles. The number of hydrogen-bond acceptors (Lipinski definition) is 2. The third-order valence-corrected chi connectivity index (χ3v) is 5.45. The SMILES string of the molecule is CCCCO[C@H](C)C(=O)c1ccc(C2CCC(CCC)CC2)cc1. The number of hydrogen-bond donors (Lipinski definition) is 0. The molecule has 0 heterocycles. The maximum atomic E-state index is 12.4. The third kappa shape index (κ3) is 5.44. The van der Waals surface area contributed by atoms with Gasteiger partial charge in [-0.1, -0.05) is 57.4 Å². The highest BCUT2D eigenvalue weighted by Gasteiger charge is 2.22. The van der Waals surface area contributed by atoms with Gasteiger partial charge in [-0.3, -0.25) is 4.79 Å². The lowest BCUT2D eigenvalue weighted by atomic mass is 9.77. The molecule has 1 aromatic carbocycles. The lowest BCUT2D eigenvalue weighted by molar-refractivity contribution is 0.0468. The summed E-state index contributed by atoms with van der Waals surface area (Å²) >= 11 is 0. The summed E-state index contributed by atoms with van der Waals surface area (Å²) in [5.41, 5.74) is 2.18. The summed E-state index contributed by atoms with van der Waals surface area (Å²) < 4.78 is 5.63. The van der Waals surface area contributed by atoms with Gasteiger partial charge in [0.1, 0.15) is 6.10 Å². The zero-order valence-electron chi connectivity index (χ0n) is 15.7. The molecule has 0 aromatic heterocycles. The van der Waals surface area contributed by atoms with Gasteiger partial charge in [0.2, 0.25) is 0 Å². The average molecular weight is 331 g/mol. The molecule has 2 nitrogen and oxygen atoms in total. The predicted molar refractivity (Wildman–Crippen MR) is 101 cm³/mol. The van der Waals surface area contributed by atoms with Gasteiger partial charge < -0.3 is 4.74 Å². The molecule has 1 atom stereocenters. The molecule has 0 aliphatic heterocycles. The fourth-order valence-electron chi connectivity index (χ4n) is 3.83. The lowest BCUT2D eigenvalue weighted by Crippen LogP contribution is -2.21. The Labute approximate surface area is 148 Å². The Morgan fingerprint density at radius 2 is 1.75 bits per heavy atom. The molecular weight excluding hydrogens is 296 g/mol. The number of ether oxygens (including phenoxy) is 1. The summed E-state index contributed by atoms with van der Waals surface area (Å²) in [5, 5.41) is 0. The van der Waals surface area contributed by atoms with Crippen LogP contribution in [-0.2, 0) is 4.74 Å². The van der Waals surface area contributed by atoms with Crippen molar-refractivity contribution >= 4 is 5.78 Å². The fourth-order valence-corrected chi connectivity index (χ4v) is 3.83. The largest absolute Gasteiger partial charge is 0.370 e. The van der Waals surface area contributed by atoms with Gasteiger partial charge in [0.05, 0.1) is 0 Å². The molecule has 0 radical (unpaired) electrons. The predicted octanol–water partition coefficient (Wildman–Crippen LogP) is 6.15. The molecule has 134 valence electrons. The van der Waals surface area contributed by atoms with Crippen LogP contribution in [0.5, 0.6) is 0 Å². The summed E-state index contributed by atoms with van der Waals surface area (Å²) in [6.07, 6.45) is 9.78. The van der Waals surface area contributed by atoms with Gasteiger partial charge in [-0.25, -0.2) is 0 Å². The minimum Gasteiger partial charge on any atom is -0.370 e. The normalized spacial score (nSPS) is 22.3. The number of carbonyl (C=O) groups excluding carboxylic acids is 1. The van der Waals surface area contributed by atoms with E-state index in [2.05, 4.69) is 26.0 Å². The molecule has 1 fully saturated rings. The van der Waals surface area contributed by atoms with Crippen molar-refractivity contribution in [2.24, 2.45) is 5.92 Å². The molecule has 24 heavy (non-hydrogen) atoms. The molecule has 1 aliphatic carbocycles. The van der Waals surface area contributed by atoms with Crippen molar-refractivity contribution in [1.82, 2.24) is 0 Å². The van der Waals surface area contributed by atoms with Crippen LogP contribution in [0.1, 0.15) is 94.0 Å². The van der Waals surface area contributed by atoms with Crippen molar-refractivity contribution < 1.29 is 9.53 Å². The quantitative estimate of drug-likeness (QED) is 0.401. The highest BCUT2D eigenvalue weighted by atomic mass is 16.5. The lowest BCUT2D eigenvalue weighted by Gasteiger charge is -2.28. The number of Topliss-reactive ketones (excluding diaryl/α,β-unsaturated/α-hetero) is 1. The molecular formula is C22H34O2. The Hall–Kier alpha value is -1.15. The average Bonchev–Trinajstić information content (AvgIpc) is 2.62. The standard InChI is InChI=1S/C22H34O2/c1-4-6-16-24-17(3)22(23)21-14-12-20(13-15-21)19-10-8-18(7-5-2)9-11-19/h12-15,17-19H,4-11,16H2,1-3H3/t17-,18?,19?/m1/s1. The minimum absolute atomic E-state index is 0.101. The molecule has 0 N–H and O–H groups in total. The van der Waals surface area contributed by atoms with E-state index in [1.54, 1.807) is 0 Å². The van der Waals surface area contributed by atoms with E-state index in [4.69, 9.17) is 4.74 Å². The number of unbranched alkanes of at least 4 members (excludes halogenated alkanes) is 1. The van der Waals surface area contributed by atoms with Gasteiger partial charge in [0, 0.05) is 12.2 Å². The molecule has 1 aliphatic rings. The molecule has 0 spiro atoms. The van der Waals surface area contributed by atoms with E-state index in [1.165, 1.54) is 44.1 Å². The van der Waals surface area contributed by atoms with Crippen LogP contribution in [0, 0.1) is 5.92 Å². The number of carbonyl (C=O) groups is 1. The highest BCUT2D eigenvalue weighted by molar-refractivity contribution is 5.99. The maximum absolute atomic E-state index is 12.4. The van der Waals surface area contributed by atoms with Crippen molar-refractivity contribution in [1.29, 1.82) is 0 Å². The Kier molecular flexibility index (Phi) is 7.98. The first-order valence-corrected chi connectivity index (χ1v) is 9.91. The summed E-state index contributed by atoms with van der Waals surface area (Å²) in [7, 11) is 0. The molecule has 2 rings (SSSR count). The van der Waals surface area contributed by atoms with Crippen molar-refractivity contribution in [2.75, 3.05) is 6.61 Å². The Bertz CT molecular complexity index is 483. The summed E-state index contributed by atoms with van der Waals surface area (Å²) in [4.78, 5) is 12.4. The van der Waals surface area contributed by atoms with Crippen LogP contribution in [0.2, 0.25) is 0 Å². The van der Waals surface area contributed by atoms with Gasteiger partial charge in [0.15, 0.2) is 5.78 Å². The van der Waals surface area contributed by atoms with Gasteiger partial charge in [0.25, 0.3) is 0 Å². The van der Waals surface area contributed by atoms with Gasteiger partial charge >= 0.3 is 0 Å². The number of ketones is 1. The first-order chi connectivity index (χ1) is 11.7. The van der Waals surface area contributed by atoms with Gasteiger partial charge in [-0.15, -0.1) is 0 Å². The van der Waals surface area contributed by atoms with E-state index >= 15 is 0 Å². The van der Waals surface area contributed by atoms with Gasteiger partial charge in [-0.2, -0.15) is 0 Å². The maximum Gasteiger partial charge on any atom is 0.191 e. The summed E-state index contributed by atoms with van der Waals surface area (Å²) in [6.45, 7) is 6.95. The Morgan fingerprint density at radius 1 is 1.08 bits per heavy atom. The molecule has 1 aromatic rings. The molecule has 0 amide bonds. The fraction of sp³-hybridized carbons (Fsp3) is 0.682. The smallest absolute Gasteiger partial charge is 0.191 e. The second kappa shape index (κ2) is 9.98. The second-order valence-electron chi connectivity index (χ2n) is 7.36. The van der Waals surface area contributed by atoms with Gasteiger partial charge in [-0.05, 0) is 56.4 Å². The summed E-state index contributed by atoms with van der Waals surface area (Å²) in [6, 6.07) is 8.32. The third-order valence-electron chi connectivity index (χ3n) is 5.45. The van der Waals surface area contributed by atoms with Crippen molar-refractivity contribution in [2.45, 2.75) is 84.2 Å². The number of rotatable bonds is 9. The van der Waals surface area contributed by atoms with E-state index < -0.39 is 0 Å². The van der Waals surface area contributed by atoms with Crippen molar-refractivity contribution in [3.05, 3.63) is 35.4 Å². The number of benzene rings is 1. The first kappa shape index (κ1) is 19.2. The van der Waals surface area contributed by atoms with E-state index in [0.717, 1.165) is 24.3 Å². The Balaban J connectivity index is 1.87. The Morgan fingerprint density at radius 3 is 2.33 bits per heavy atom. The van der Waals surface area contributed by atoms with E-state index in [0.29, 0.717) is 12.5 Å². The highest BCUT2D eigenvalue weighted by Crippen LogP contribution is 2.37. The first-order valence-electron chi connectivity index (χ1n) is 9.91. The van der Waals surface area contributed by atoms with E-state index in [9.17, 15) is 4.79 Å². The van der Waals surface area contributed by atoms with Crippen LogP contribution >= 0.6 is 0 Å².